The molecule has 2 bridgehead atoms. The van der Waals surface area contributed by atoms with E-state index < -0.39 is 4.92 Å². The van der Waals surface area contributed by atoms with Gasteiger partial charge in [0.05, 0.1) is 22.4 Å². The van der Waals surface area contributed by atoms with Gasteiger partial charge in [0.2, 0.25) is 17.6 Å². The van der Waals surface area contributed by atoms with Gasteiger partial charge in [-0.2, -0.15) is 4.98 Å². The maximum Gasteiger partial charge on any atom is 0.270 e. The van der Waals surface area contributed by atoms with Crippen molar-refractivity contribution in [1.29, 1.82) is 0 Å². The number of nitro groups is 1. The minimum absolute atomic E-state index is 0.0681. The van der Waals surface area contributed by atoms with E-state index in [1.807, 2.05) is 0 Å². The van der Waals surface area contributed by atoms with Crippen molar-refractivity contribution in [2.24, 2.45) is 23.7 Å². The summed E-state index contributed by atoms with van der Waals surface area (Å²) in [7, 11) is 0. The van der Waals surface area contributed by atoms with E-state index in [9.17, 15) is 19.7 Å². The van der Waals surface area contributed by atoms with E-state index in [0.717, 1.165) is 19.3 Å². The number of fused-ring (bicyclic) bond motifs is 5. The first kappa shape index (κ1) is 18.9. The van der Waals surface area contributed by atoms with Gasteiger partial charge in [0.1, 0.15) is 0 Å². The van der Waals surface area contributed by atoms with E-state index in [-0.39, 0.29) is 41.1 Å². The average Bonchev–Trinajstić information content (AvgIpc) is 3.58. The number of nitro benzene ring substituents is 1. The largest absolute Gasteiger partial charge is 0.334 e. The molecular weight excluding hydrogens is 412 g/mol. The number of nitrogens with zero attached hydrogens (tertiary/aromatic N) is 4. The molecule has 2 aliphatic carbocycles. The van der Waals surface area contributed by atoms with Crippen LogP contribution in [0.3, 0.4) is 0 Å². The Morgan fingerprint density at radius 3 is 2.38 bits per heavy atom. The lowest BCUT2D eigenvalue weighted by Crippen LogP contribution is -2.32. The van der Waals surface area contributed by atoms with Gasteiger partial charge in [0.25, 0.3) is 11.6 Å². The van der Waals surface area contributed by atoms with Crippen LogP contribution < -0.4 is 4.90 Å². The van der Waals surface area contributed by atoms with Gasteiger partial charge in [0, 0.05) is 23.3 Å². The van der Waals surface area contributed by atoms with Crippen molar-refractivity contribution < 1.29 is 19.0 Å². The van der Waals surface area contributed by atoms with E-state index in [4.69, 9.17) is 4.52 Å². The molecule has 2 aromatic carbocycles. The second kappa shape index (κ2) is 6.81. The van der Waals surface area contributed by atoms with E-state index in [0.29, 0.717) is 28.7 Å². The van der Waals surface area contributed by atoms with Crippen LogP contribution in [0.4, 0.5) is 11.4 Å². The van der Waals surface area contributed by atoms with Crippen LogP contribution in [0.5, 0.6) is 0 Å². The molecule has 0 unspecified atom stereocenters. The van der Waals surface area contributed by atoms with E-state index in [1.54, 1.807) is 36.4 Å². The number of carbonyl (C=O) groups excluding carboxylic acids is 2. The quantitative estimate of drug-likeness (QED) is 0.350. The van der Waals surface area contributed by atoms with E-state index in [1.165, 1.54) is 17.0 Å². The molecule has 2 amide bonds. The fraction of sp³-hybridized carbons (Fsp3) is 0.304. The molecule has 2 heterocycles. The lowest BCUT2D eigenvalue weighted by atomic mass is 9.81. The Labute approximate surface area is 182 Å². The van der Waals surface area contributed by atoms with Gasteiger partial charge in [-0.25, -0.2) is 0 Å². The maximum absolute atomic E-state index is 13.1. The van der Waals surface area contributed by atoms with Crippen LogP contribution in [0.1, 0.15) is 19.3 Å². The third-order valence-electron chi connectivity index (χ3n) is 7.02. The highest BCUT2D eigenvalue weighted by Gasteiger charge is 2.61. The number of carbonyl (C=O) groups is 2. The summed E-state index contributed by atoms with van der Waals surface area (Å²) in [6.07, 6.45) is 3.05. The number of non-ortho nitro benzene ring substituents is 1. The summed E-state index contributed by atoms with van der Waals surface area (Å²) in [6, 6.07) is 12.9. The minimum Gasteiger partial charge on any atom is -0.334 e. The fourth-order valence-electron chi connectivity index (χ4n) is 5.66. The van der Waals surface area contributed by atoms with Gasteiger partial charge in [-0.3, -0.25) is 24.6 Å². The predicted molar refractivity (Wildman–Crippen MR) is 112 cm³/mol. The average molecular weight is 430 g/mol. The number of aromatic nitrogens is 2. The highest BCUT2D eigenvalue weighted by molar-refractivity contribution is 6.22. The van der Waals surface area contributed by atoms with E-state index >= 15 is 0 Å². The summed E-state index contributed by atoms with van der Waals surface area (Å²) >= 11 is 0. The van der Waals surface area contributed by atoms with Gasteiger partial charge >= 0.3 is 0 Å². The monoisotopic (exact) mass is 430 g/mol. The number of rotatable bonds is 4. The summed E-state index contributed by atoms with van der Waals surface area (Å²) in [5.74, 6) is 0.481. The van der Waals surface area contributed by atoms with Crippen LogP contribution in [-0.4, -0.2) is 26.9 Å². The topological polar surface area (TPSA) is 119 Å². The Balaban J connectivity index is 1.31. The first-order valence-corrected chi connectivity index (χ1v) is 10.6. The smallest absolute Gasteiger partial charge is 0.270 e. The fourth-order valence-corrected chi connectivity index (χ4v) is 5.66. The summed E-state index contributed by atoms with van der Waals surface area (Å²) in [6.45, 7) is 0. The molecule has 32 heavy (non-hydrogen) atoms. The molecule has 2 saturated carbocycles. The van der Waals surface area contributed by atoms with Crippen molar-refractivity contribution in [3.63, 3.8) is 0 Å². The molecule has 0 N–H and O–H groups in total. The van der Waals surface area contributed by atoms with Gasteiger partial charge in [-0.15, -0.1) is 0 Å². The Hall–Kier alpha value is -3.88. The highest BCUT2D eigenvalue weighted by atomic mass is 16.6. The number of hydrogen-bond donors (Lipinski definition) is 0. The highest BCUT2D eigenvalue weighted by Crippen LogP contribution is 2.56. The van der Waals surface area contributed by atoms with Gasteiger partial charge in [-0.1, -0.05) is 23.4 Å². The van der Waals surface area contributed by atoms with Crippen molar-refractivity contribution in [3.05, 3.63) is 58.6 Å². The molecule has 4 atom stereocenters. The van der Waals surface area contributed by atoms with Crippen molar-refractivity contribution in [3.8, 4) is 22.8 Å². The molecule has 9 heteroatoms. The van der Waals surface area contributed by atoms with Crippen LogP contribution in [0.2, 0.25) is 0 Å². The number of benzene rings is 2. The molecule has 1 saturated heterocycles. The number of amides is 2. The lowest BCUT2D eigenvalue weighted by molar-refractivity contribution is -0.384. The normalized spacial score (nSPS) is 26.1. The van der Waals surface area contributed by atoms with Crippen molar-refractivity contribution >= 4 is 23.2 Å². The van der Waals surface area contributed by atoms with Crippen molar-refractivity contribution in [2.45, 2.75) is 19.3 Å². The first-order chi connectivity index (χ1) is 15.5. The zero-order chi connectivity index (χ0) is 22.0. The second-order valence-electron chi connectivity index (χ2n) is 8.68. The summed E-state index contributed by atoms with van der Waals surface area (Å²) in [5.41, 5.74) is 1.45. The molecule has 3 fully saturated rings. The Kier molecular flexibility index (Phi) is 4.01. The molecule has 0 radical (unpaired) electrons. The molecule has 3 aliphatic rings. The molecular formula is C23H18N4O5. The molecule has 160 valence electrons. The SMILES string of the molecule is O=C1[C@@H]2[C@@H]3CC[C@H](C3)[C@H]2C(=O)N1c1cccc(-c2nc(-c3cccc([N+](=O)[O-])c3)no2)c1. The summed E-state index contributed by atoms with van der Waals surface area (Å²) < 4.78 is 5.38. The third kappa shape index (κ3) is 2.70. The number of anilines is 1. The predicted octanol–water partition coefficient (Wildman–Crippen LogP) is 3.85. The molecule has 0 spiro atoms. The van der Waals surface area contributed by atoms with Crippen LogP contribution >= 0.6 is 0 Å². The van der Waals surface area contributed by atoms with Crippen LogP contribution in [-0.2, 0) is 9.59 Å². The van der Waals surface area contributed by atoms with Gasteiger partial charge in [0.15, 0.2) is 0 Å². The maximum atomic E-state index is 13.1. The lowest BCUT2D eigenvalue weighted by Gasteiger charge is -2.19. The standard InChI is InChI=1S/C23H18N4O5/c28-22-18-12-7-8-13(9-12)19(18)23(29)26(22)16-5-2-4-15(11-16)21-24-20(25-32-21)14-3-1-6-17(10-14)27(30)31/h1-6,10-13,18-19H,7-9H2/t12-,13-,18-,19-/m1/s1. The number of hydrogen-bond acceptors (Lipinski definition) is 7. The second-order valence-corrected chi connectivity index (χ2v) is 8.68. The minimum atomic E-state index is -0.487. The molecule has 1 aromatic heterocycles. The Morgan fingerprint density at radius 1 is 0.969 bits per heavy atom. The molecule has 9 nitrogen and oxygen atoms in total. The summed E-state index contributed by atoms with van der Waals surface area (Å²) in [4.78, 5) is 42.4. The van der Waals surface area contributed by atoms with Crippen LogP contribution in [0, 0.1) is 33.8 Å². The number of imide groups is 1. The molecule has 3 aromatic rings. The Morgan fingerprint density at radius 2 is 1.66 bits per heavy atom. The zero-order valence-corrected chi connectivity index (χ0v) is 16.9. The van der Waals surface area contributed by atoms with Crippen LogP contribution in [0.15, 0.2) is 53.1 Å². The summed E-state index contributed by atoms with van der Waals surface area (Å²) in [5, 5.41) is 15.0. The molecule has 6 rings (SSSR count). The van der Waals surface area contributed by atoms with Crippen molar-refractivity contribution in [1.82, 2.24) is 10.1 Å². The zero-order valence-electron chi connectivity index (χ0n) is 16.9. The van der Waals surface area contributed by atoms with Gasteiger partial charge in [-0.05, 0) is 49.3 Å². The first-order valence-electron chi connectivity index (χ1n) is 10.6. The van der Waals surface area contributed by atoms with Gasteiger partial charge < -0.3 is 4.52 Å². The van der Waals surface area contributed by atoms with Crippen molar-refractivity contribution in [2.75, 3.05) is 4.90 Å². The molecule has 1 aliphatic heterocycles. The van der Waals surface area contributed by atoms with E-state index in [2.05, 4.69) is 10.1 Å². The third-order valence-corrected chi connectivity index (χ3v) is 7.02. The van der Waals surface area contributed by atoms with Crippen LogP contribution in [0.25, 0.3) is 22.8 Å². The Bertz CT molecular complexity index is 1260.